The molecule has 9 heteroatoms. The fraction of sp³-hybridized carbons (Fsp3) is 0.708. The molecule has 0 aromatic carbocycles. The highest BCUT2D eigenvalue weighted by Gasteiger charge is 2.34. The van der Waals surface area contributed by atoms with E-state index in [1.807, 2.05) is 6.92 Å². The van der Waals surface area contributed by atoms with Gasteiger partial charge in [-0.3, -0.25) is 9.59 Å². The van der Waals surface area contributed by atoms with Crippen molar-refractivity contribution in [3.8, 4) is 0 Å². The Morgan fingerprint density at radius 3 is 2.15 bits per heavy atom. The van der Waals surface area contributed by atoms with Crippen LogP contribution in [0.25, 0.3) is 0 Å². The number of hydrogen-bond acceptors (Lipinski definition) is 6. The Kier molecular flexibility index (Phi) is 17.0. The molecule has 1 aliphatic heterocycles. The number of carboxylic acid groups (broad SMARTS) is 3. The van der Waals surface area contributed by atoms with Crippen molar-refractivity contribution in [3.63, 3.8) is 0 Å². The molecule has 2 aliphatic rings. The van der Waals surface area contributed by atoms with Gasteiger partial charge in [0.15, 0.2) is 0 Å². The van der Waals surface area contributed by atoms with E-state index in [2.05, 4.69) is 11.8 Å². The number of hydrogen-bond donors (Lipinski definition) is 3. The van der Waals surface area contributed by atoms with Gasteiger partial charge in [0.1, 0.15) is 0 Å². The van der Waals surface area contributed by atoms with E-state index in [4.69, 9.17) is 24.8 Å². The van der Waals surface area contributed by atoms with E-state index < -0.39 is 23.3 Å². The van der Waals surface area contributed by atoms with Gasteiger partial charge in [-0.1, -0.05) is 31.6 Å². The lowest BCUT2D eigenvalue weighted by Crippen LogP contribution is -2.30. The zero-order chi connectivity index (χ0) is 25.1. The van der Waals surface area contributed by atoms with Crippen LogP contribution in [0.4, 0.5) is 0 Å². The SMILES string of the molecule is CC1(C(=O)O)C=CC=C(C(=O)O)C1.CCCN1CCCCC1.CCOCCOCCC(=O)O. The number of carbonyl (C=O) groups is 3. The molecule has 1 atom stereocenters. The highest BCUT2D eigenvalue weighted by Crippen LogP contribution is 2.31. The first-order chi connectivity index (χ1) is 15.7. The van der Waals surface area contributed by atoms with Gasteiger partial charge in [0.05, 0.1) is 31.7 Å². The predicted molar refractivity (Wildman–Crippen MR) is 125 cm³/mol. The number of allylic oxidation sites excluding steroid dienone is 2. The summed E-state index contributed by atoms with van der Waals surface area (Å²) >= 11 is 0. The van der Waals surface area contributed by atoms with Gasteiger partial charge < -0.3 is 29.7 Å². The standard InChI is InChI=1S/C9H10O4.C8H17N.C7H14O4/c1-9(8(12)13)4-2-3-6(5-9)7(10)11;1-2-6-9-7-4-3-5-8-9;1-2-10-5-6-11-4-3-7(8)9/h2-4H,5H2,1H3,(H,10,11)(H,12,13);2-8H2,1H3;2-6H2,1H3,(H,8,9). The predicted octanol–water partition coefficient (Wildman–Crippen LogP) is 3.44. The third kappa shape index (κ3) is 15.3. The molecule has 3 N–H and O–H groups in total. The van der Waals surface area contributed by atoms with Crippen LogP contribution in [0, 0.1) is 5.41 Å². The summed E-state index contributed by atoms with van der Waals surface area (Å²) in [6.07, 6.45) is 10.1. The molecule has 1 aliphatic carbocycles. The Balaban J connectivity index is 0.000000473. The summed E-state index contributed by atoms with van der Waals surface area (Å²) in [6.45, 7) is 11.6. The molecular formula is C24H41NO8. The summed E-state index contributed by atoms with van der Waals surface area (Å²) < 4.78 is 9.91. The van der Waals surface area contributed by atoms with E-state index in [1.165, 1.54) is 70.5 Å². The largest absolute Gasteiger partial charge is 0.481 e. The van der Waals surface area contributed by atoms with Crippen LogP contribution in [0.5, 0.6) is 0 Å². The normalized spacial score (nSPS) is 19.9. The maximum Gasteiger partial charge on any atom is 0.331 e. The van der Waals surface area contributed by atoms with Crippen molar-refractivity contribution in [3.05, 3.63) is 23.8 Å². The van der Waals surface area contributed by atoms with Gasteiger partial charge >= 0.3 is 17.9 Å². The number of nitrogens with zero attached hydrogens (tertiary/aromatic N) is 1. The van der Waals surface area contributed by atoms with Gasteiger partial charge in [-0.05, 0) is 59.2 Å². The monoisotopic (exact) mass is 471 g/mol. The number of piperidine rings is 1. The van der Waals surface area contributed by atoms with Crippen molar-refractivity contribution < 1.29 is 39.2 Å². The molecular weight excluding hydrogens is 430 g/mol. The summed E-state index contributed by atoms with van der Waals surface area (Å²) in [5.74, 6) is -2.89. The molecule has 0 aromatic rings. The molecule has 190 valence electrons. The van der Waals surface area contributed by atoms with Crippen molar-refractivity contribution in [1.82, 2.24) is 4.90 Å². The summed E-state index contributed by atoms with van der Waals surface area (Å²) in [5, 5.41) is 25.7. The lowest BCUT2D eigenvalue weighted by molar-refractivity contribution is -0.145. The van der Waals surface area contributed by atoms with E-state index >= 15 is 0 Å². The van der Waals surface area contributed by atoms with Crippen molar-refractivity contribution in [1.29, 1.82) is 0 Å². The molecule has 9 nitrogen and oxygen atoms in total. The molecule has 0 bridgehead atoms. The molecule has 33 heavy (non-hydrogen) atoms. The first-order valence-electron chi connectivity index (χ1n) is 11.6. The topological polar surface area (TPSA) is 134 Å². The third-order valence-electron chi connectivity index (χ3n) is 5.11. The first kappa shape index (κ1) is 30.8. The van der Waals surface area contributed by atoms with Crippen LogP contribution in [0.2, 0.25) is 0 Å². The van der Waals surface area contributed by atoms with Gasteiger partial charge in [-0.15, -0.1) is 0 Å². The molecule has 2 rings (SSSR count). The highest BCUT2D eigenvalue weighted by atomic mass is 16.5. The van der Waals surface area contributed by atoms with Crippen LogP contribution < -0.4 is 0 Å². The number of ether oxygens (including phenoxy) is 2. The Morgan fingerprint density at radius 2 is 1.64 bits per heavy atom. The average molecular weight is 472 g/mol. The van der Waals surface area contributed by atoms with Gasteiger partial charge in [-0.2, -0.15) is 0 Å². The van der Waals surface area contributed by atoms with E-state index in [1.54, 1.807) is 0 Å². The number of aliphatic carboxylic acids is 3. The van der Waals surface area contributed by atoms with Crippen molar-refractivity contribution >= 4 is 17.9 Å². The Bertz CT molecular complexity index is 638. The van der Waals surface area contributed by atoms with Crippen molar-refractivity contribution in [2.75, 3.05) is 46.1 Å². The van der Waals surface area contributed by atoms with Gasteiger partial charge in [0.2, 0.25) is 0 Å². The first-order valence-corrected chi connectivity index (χ1v) is 11.6. The minimum absolute atomic E-state index is 0.0359. The molecule has 0 radical (unpaired) electrons. The Labute approximate surface area is 197 Å². The maximum absolute atomic E-state index is 10.8. The second-order valence-corrected chi connectivity index (χ2v) is 8.11. The summed E-state index contributed by atoms with van der Waals surface area (Å²) in [6, 6.07) is 0. The van der Waals surface area contributed by atoms with E-state index in [0.717, 1.165) is 0 Å². The summed E-state index contributed by atoms with van der Waals surface area (Å²) in [7, 11) is 0. The van der Waals surface area contributed by atoms with E-state index in [9.17, 15) is 14.4 Å². The number of rotatable bonds is 11. The molecule has 1 unspecified atom stereocenters. The number of likely N-dealkylation sites (tertiary alicyclic amines) is 1. The minimum Gasteiger partial charge on any atom is -0.481 e. The third-order valence-corrected chi connectivity index (χ3v) is 5.11. The van der Waals surface area contributed by atoms with Crippen LogP contribution >= 0.6 is 0 Å². The zero-order valence-corrected chi connectivity index (χ0v) is 20.3. The fourth-order valence-electron chi connectivity index (χ4n) is 3.21. The lowest BCUT2D eigenvalue weighted by Gasteiger charge is -2.25. The average Bonchev–Trinajstić information content (AvgIpc) is 2.78. The van der Waals surface area contributed by atoms with Gasteiger partial charge in [0.25, 0.3) is 0 Å². The molecule has 0 saturated carbocycles. The smallest absolute Gasteiger partial charge is 0.331 e. The molecule has 0 spiro atoms. The zero-order valence-electron chi connectivity index (χ0n) is 20.3. The van der Waals surface area contributed by atoms with Crippen LogP contribution in [0.3, 0.4) is 0 Å². The van der Waals surface area contributed by atoms with Crippen molar-refractivity contribution in [2.24, 2.45) is 5.41 Å². The molecule has 0 aromatic heterocycles. The van der Waals surface area contributed by atoms with Crippen LogP contribution in [-0.4, -0.2) is 84.2 Å². The molecule has 1 saturated heterocycles. The second kappa shape index (κ2) is 18.2. The lowest BCUT2D eigenvalue weighted by atomic mass is 9.80. The van der Waals surface area contributed by atoms with Gasteiger partial charge in [0, 0.05) is 12.2 Å². The highest BCUT2D eigenvalue weighted by molar-refractivity contribution is 5.90. The van der Waals surface area contributed by atoms with Gasteiger partial charge in [-0.25, -0.2) is 4.79 Å². The maximum atomic E-state index is 10.8. The minimum atomic E-state index is -1.08. The van der Waals surface area contributed by atoms with E-state index in [-0.39, 0.29) is 25.0 Å². The second-order valence-electron chi connectivity index (χ2n) is 8.11. The van der Waals surface area contributed by atoms with Crippen LogP contribution in [0.1, 0.15) is 59.3 Å². The fourth-order valence-corrected chi connectivity index (χ4v) is 3.21. The molecule has 1 heterocycles. The van der Waals surface area contributed by atoms with Crippen LogP contribution in [-0.2, 0) is 23.9 Å². The van der Waals surface area contributed by atoms with Crippen molar-refractivity contribution in [2.45, 2.75) is 59.3 Å². The quantitative estimate of drug-likeness (QED) is 0.387. The molecule has 1 fully saturated rings. The number of carboxylic acids is 3. The summed E-state index contributed by atoms with van der Waals surface area (Å²) in [4.78, 5) is 33.9. The van der Waals surface area contributed by atoms with Crippen LogP contribution in [0.15, 0.2) is 23.8 Å². The Hall–Kier alpha value is -2.23. The van der Waals surface area contributed by atoms with E-state index in [0.29, 0.717) is 19.8 Å². The molecule has 0 amide bonds. The summed E-state index contributed by atoms with van der Waals surface area (Å²) in [5.41, 5.74) is -0.949. The Morgan fingerprint density at radius 1 is 1.00 bits per heavy atom.